The minimum absolute atomic E-state index is 0.0293. The molecule has 0 aliphatic carbocycles. The molecule has 0 aliphatic rings. The van der Waals surface area contributed by atoms with Gasteiger partial charge in [-0.05, 0) is 87.6 Å². The summed E-state index contributed by atoms with van der Waals surface area (Å²) < 4.78 is 63.3. The lowest BCUT2D eigenvalue weighted by atomic mass is 10.3. The Kier molecular flexibility index (Phi) is 7.14. The summed E-state index contributed by atoms with van der Waals surface area (Å²) in [7, 11) is -6.83. The number of sulfonamides is 2. The Labute approximate surface area is 202 Å². The third-order valence-corrected chi connectivity index (χ3v) is 8.60. The van der Waals surface area contributed by atoms with Gasteiger partial charge in [0.05, 0.1) is 23.4 Å². The lowest BCUT2D eigenvalue weighted by Gasteiger charge is -2.15. The Morgan fingerprint density at radius 1 is 0.733 bits per heavy atom. The molecule has 0 amide bonds. The molecule has 0 saturated carbocycles. The zero-order valence-corrected chi connectivity index (χ0v) is 21.4. The molecule has 3 aromatic carbocycles. The van der Waals surface area contributed by atoms with E-state index in [1.807, 2.05) is 45.2 Å². The number of methoxy groups -OCH3 is 1. The van der Waals surface area contributed by atoms with Crippen LogP contribution in [0.5, 0.6) is 5.75 Å². The monoisotopic (exact) mass is 670 g/mol. The fraction of sp³-hybridized carbons (Fsp3) is 0.0526. The van der Waals surface area contributed by atoms with Gasteiger partial charge in [0.1, 0.15) is 10.6 Å². The highest BCUT2D eigenvalue weighted by molar-refractivity contribution is 14.1. The van der Waals surface area contributed by atoms with Crippen LogP contribution in [-0.4, -0.2) is 23.9 Å². The largest absolute Gasteiger partial charge is 0.495 e. The Morgan fingerprint density at radius 2 is 1.23 bits per heavy atom. The second kappa shape index (κ2) is 9.28. The average Bonchev–Trinajstić information content (AvgIpc) is 2.70. The van der Waals surface area contributed by atoms with Gasteiger partial charge in [-0.15, -0.1) is 0 Å². The van der Waals surface area contributed by atoms with Crippen LogP contribution in [0.4, 0.5) is 11.4 Å². The molecule has 0 aliphatic heterocycles. The Bertz CT molecular complexity index is 1300. The maximum absolute atomic E-state index is 13.0. The molecule has 0 radical (unpaired) electrons. The lowest BCUT2D eigenvalue weighted by Crippen LogP contribution is -2.18. The van der Waals surface area contributed by atoms with E-state index >= 15 is 0 Å². The zero-order chi connectivity index (χ0) is 21.9. The number of hydrogen-bond donors (Lipinski definition) is 2. The third kappa shape index (κ3) is 5.18. The molecule has 0 atom stereocenters. The van der Waals surface area contributed by atoms with Gasteiger partial charge in [0.15, 0.2) is 0 Å². The number of anilines is 2. The minimum Gasteiger partial charge on any atom is -0.495 e. The second-order valence-corrected chi connectivity index (χ2v) is 11.6. The summed E-state index contributed by atoms with van der Waals surface area (Å²) in [5.41, 5.74) is 0.778. The molecule has 0 bridgehead atoms. The molecule has 158 valence electrons. The zero-order valence-electron chi connectivity index (χ0n) is 15.5. The maximum atomic E-state index is 13.0. The van der Waals surface area contributed by atoms with Crippen molar-refractivity contribution in [1.29, 1.82) is 0 Å². The van der Waals surface area contributed by atoms with Gasteiger partial charge in [0.25, 0.3) is 20.0 Å². The molecule has 0 aromatic heterocycles. The van der Waals surface area contributed by atoms with Crippen LogP contribution in [0.1, 0.15) is 0 Å². The highest BCUT2D eigenvalue weighted by atomic mass is 127. The number of nitrogens with one attached hydrogen (secondary N) is 2. The van der Waals surface area contributed by atoms with Gasteiger partial charge in [-0.1, -0.05) is 24.3 Å². The van der Waals surface area contributed by atoms with Crippen LogP contribution < -0.4 is 14.2 Å². The molecule has 0 heterocycles. The average molecular weight is 670 g/mol. The first kappa shape index (κ1) is 23.1. The van der Waals surface area contributed by atoms with Crippen LogP contribution in [0.25, 0.3) is 0 Å². The van der Waals surface area contributed by atoms with Crippen LogP contribution in [0.15, 0.2) is 76.5 Å². The molecule has 0 spiro atoms. The SMILES string of the molecule is COc1ccc(S(=O)(=O)Nc2ccccc2I)cc1S(=O)(=O)Nc1ccccc1I. The number of para-hydroxylation sites is 2. The van der Waals surface area contributed by atoms with Gasteiger partial charge in [0.2, 0.25) is 0 Å². The number of halogens is 2. The Morgan fingerprint density at radius 3 is 1.73 bits per heavy atom. The first-order chi connectivity index (χ1) is 14.1. The molecule has 11 heteroatoms. The fourth-order valence-electron chi connectivity index (χ4n) is 2.53. The van der Waals surface area contributed by atoms with Gasteiger partial charge < -0.3 is 4.74 Å². The number of benzene rings is 3. The molecule has 30 heavy (non-hydrogen) atoms. The summed E-state index contributed by atoms with van der Waals surface area (Å²) in [6.07, 6.45) is 0. The van der Waals surface area contributed by atoms with Crippen molar-refractivity contribution in [2.75, 3.05) is 16.6 Å². The summed E-state index contributed by atoms with van der Waals surface area (Å²) in [6.45, 7) is 0. The maximum Gasteiger partial charge on any atom is 0.265 e. The smallest absolute Gasteiger partial charge is 0.265 e. The van der Waals surface area contributed by atoms with Crippen molar-refractivity contribution in [3.05, 3.63) is 73.9 Å². The highest BCUT2D eigenvalue weighted by Crippen LogP contribution is 2.31. The van der Waals surface area contributed by atoms with Crippen LogP contribution >= 0.6 is 45.2 Å². The highest BCUT2D eigenvalue weighted by Gasteiger charge is 2.25. The van der Waals surface area contributed by atoms with E-state index in [1.165, 1.54) is 19.2 Å². The molecular weight excluding hydrogens is 654 g/mol. The van der Waals surface area contributed by atoms with Gasteiger partial charge in [-0.2, -0.15) is 0 Å². The molecule has 3 rings (SSSR count). The first-order valence-corrected chi connectivity index (χ1v) is 13.5. The van der Waals surface area contributed by atoms with Gasteiger partial charge in [-0.3, -0.25) is 9.44 Å². The van der Waals surface area contributed by atoms with Crippen molar-refractivity contribution in [3.8, 4) is 5.75 Å². The van der Waals surface area contributed by atoms with E-state index in [4.69, 9.17) is 4.74 Å². The normalized spacial score (nSPS) is 11.7. The molecule has 7 nitrogen and oxygen atoms in total. The first-order valence-electron chi connectivity index (χ1n) is 8.37. The van der Waals surface area contributed by atoms with E-state index in [2.05, 4.69) is 9.44 Å². The standard InChI is InChI=1S/C19H16I2N2O5S2/c1-28-18-11-10-13(29(24,25)22-16-8-4-2-6-14(16)20)12-19(18)30(26,27)23-17-9-5-3-7-15(17)21/h2-12,22-23H,1H3. The van der Waals surface area contributed by atoms with Gasteiger partial charge >= 0.3 is 0 Å². The van der Waals surface area contributed by atoms with E-state index in [0.717, 1.165) is 6.07 Å². The molecule has 0 fully saturated rings. The number of rotatable bonds is 7. The molecule has 2 N–H and O–H groups in total. The van der Waals surface area contributed by atoms with E-state index < -0.39 is 20.0 Å². The van der Waals surface area contributed by atoms with E-state index in [0.29, 0.717) is 18.5 Å². The fourth-order valence-corrected chi connectivity index (χ4v) is 6.39. The van der Waals surface area contributed by atoms with E-state index in [9.17, 15) is 16.8 Å². The quantitative estimate of drug-likeness (QED) is 0.361. The predicted octanol–water partition coefficient (Wildman–Crippen LogP) is 4.51. The van der Waals surface area contributed by atoms with Crippen molar-refractivity contribution >= 4 is 76.6 Å². The van der Waals surface area contributed by atoms with Gasteiger partial charge in [0, 0.05) is 7.14 Å². The molecular formula is C19H16I2N2O5S2. The predicted molar refractivity (Wildman–Crippen MR) is 133 cm³/mol. The third-order valence-electron chi connectivity index (χ3n) is 3.97. The van der Waals surface area contributed by atoms with Crippen LogP contribution in [0.3, 0.4) is 0 Å². The van der Waals surface area contributed by atoms with Crippen LogP contribution in [0.2, 0.25) is 0 Å². The van der Waals surface area contributed by atoms with Crippen molar-refractivity contribution in [1.82, 2.24) is 0 Å². The van der Waals surface area contributed by atoms with Crippen molar-refractivity contribution in [2.45, 2.75) is 9.79 Å². The Balaban J connectivity index is 2.03. The van der Waals surface area contributed by atoms with Crippen molar-refractivity contribution < 1.29 is 21.6 Å². The second-order valence-electron chi connectivity index (χ2n) is 5.98. The molecule has 3 aromatic rings. The van der Waals surface area contributed by atoms with Crippen molar-refractivity contribution in [2.24, 2.45) is 0 Å². The van der Waals surface area contributed by atoms with E-state index in [-0.39, 0.29) is 15.5 Å². The lowest BCUT2D eigenvalue weighted by molar-refractivity contribution is 0.402. The molecule has 0 saturated heterocycles. The van der Waals surface area contributed by atoms with Crippen molar-refractivity contribution in [3.63, 3.8) is 0 Å². The summed E-state index contributed by atoms with van der Waals surface area (Å²) in [5, 5.41) is 0. The summed E-state index contributed by atoms with van der Waals surface area (Å²) in [4.78, 5) is -0.485. The Hall–Kier alpha value is -1.58. The van der Waals surface area contributed by atoms with Crippen LogP contribution in [0, 0.1) is 7.14 Å². The van der Waals surface area contributed by atoms with Crippen LogP contribution in [-0.2, 0) is 20.0 Å². The van der Waals surface area contributed by atoms with E-state index in [1.54, 1.807) is 48.5 Å². The van der Waals surface area contributed by atoms with Gasteiger partial charge in [-0.25, -0.2) is 16.8 Å². The molecule has 0 unspecified atom stereocenters. The number of hydrogen-bond acceptors (Lipinski definition) is 5. The summed E-state index contributed by atoms with van der Waals surface area (Å²) in [6, 6.07) is 17.4. The topological polar surface area (TPSA) is 102 Å². The summed E-state index contributed by atoms with van der Waals surface area (Å²) >= 11 is 4.02. The minimum atomic E-state index is -4.12. The summed E-state index contributed by atoms with van der Waals surface area (Å²) in [5.74, 6) is 0.0293. The number of ether oxygens (including phenoxy) is 1.